The van der Waals surface area contributed by atoms with Crippen molar-refractivity contribution in [1.29, 1.82) is 0 Å². The van der Waals surface area contributed by atoms with Gasteiger partial charge < -0.3 is 39.9 Å². The van der Waals surface area contributed by atoms with E-state index >= 15 is 0 Å². The molecule has 0 bridgehead atoms. The van der Waals surface area contributed by atoms with E-state index in [1.807, 2.05) is 44.2 Å². The lowest BCUT2D eigenvalue weighted by atomic mass is 10.0. The maximum atomic E-state index is 13.9. The molecule has 1 unspecified atom stereocenters. The van der Waals surface area contributed by atoms with Gasteiger partial charge in [-0.2, -0.15) is 0 Å². The number of carbonyl (C=O) groups excluding carboxylic acids is 4. The van der Waals surface area contributed by atoms with E-state index in [1.165, 1.54) is 14.2 Å². The number of aromatic amines is 2. The van der Waals surface area contributed by atoms with Gasteiger partial charge >= 0.3 is 12.2 Å². The Kier molecular flexibility index (Phi) is 11.2. The fraction of sp³-hybridized carbons (Fsp3) is 0.385. The molecule has 4 aromatic heterocycles. The first kappa shape index (κ1) is 37.6. The molecule has 2 aliphatic heterocycles. The van der Waals surface area contributed by atoms with Crippen LogP contribution in [0, 0.1) is 17.8 Å². The molecule has 55 heavy (non-hydrogen) atoms. The number of nitrogens with zero attached hydrogens (tertiary/aromatic N) is 4. The quantitative estimate of drug-likeness (QED) is 0.126. The predicted octanol–water partition coefficient (Wildman–Crippen LogP) is 6.28. The van der Waals surface area contributed by atoms with Gasteiger partial charge in [-0.1, -0.05) is 44.2 Å². The number of alkyl carbamates (subject to hydrolysis) is 2. The number of thiophene rings is 2. The molecule has 7 rings (SSSR count). The highest BCUT2D eigenvalue weighted by atomic mass is 32.1. The summed E-state index contributed by atoms with van der Waals surface area (Å²) < 4.78 is 11.8. The topological polar surface area (TPSA) is 175 Å². The number of carbonyl (C=O) groups is 4. The molecule has 16 heteroatoms. The SMILES string of the molecule is COC(=O)N[C@H](C(=O)N1CCC[C@H]1c1ncc(C#Cc2cc3sc(-c4cnc(C5CCCN5C(=O)[C@H](NC(=O)OC)c5ccccc5)[nH]4)cc3s2)[nH]1)C(C)C. The number of amides is 4. The van der Waals surface area contributed by atoms with Crippen LogP contribution in [0.2, 0.25) is 0 Å². The fourth-order valence-electron chi connectivity index (χ4n) is 7.14. The van der Waals surface area contributed by atoms with Crippen LogP contribution in [0.25, 0.3) is 20.0 Å². The summed E-state index contributed by atoms with van der Waals surface area (Å²) in [5, 5.41) is 5.38. The van der Waals surface area contributed by atoms with Crippen LogP contribution in [0.15, 0.2) is 54.9 Å². The second kappa shape index (κ2) is 16.4. The maximum absolute atomic E-state index is 13.9. The van der Waals surface area contributed by atoms with E-state index in [9.17, 15) is 19.2 Å². The molecule has 0 spiro atoms. The van der Waals surface area contributed by atoms with Crippen molar-refractivity contribution in [3.8, 4) is 22.4 Å². The fourth-order valence-corrected chi connectivity index (χ4v) is 9.36. The second-order valence-corrected chi connectivity index (χ2v) is 15.9. The van der Waals surface area contributed by atoms with Gasteiger partial charge in [-0.25, -0.2) is 19.6 Å². The molecule has 0 aliphatic carbocycles. The largest absolute Gasteiger partial charge is 0.453 e. The van der Waals surface area contributed by atoms with Crippen molar-refractivity contribution in [1.82, 2.24) is 40.4 Å². The van der Waals surface area contributed by atoms with Crippen LogP contribution in [0.1, 0.15) is 85.4 Å². The Morgan fingerprint density at radius 2 is 1.45 bits per heavy atom. The van der Waals surface area contributed by atoms with E-state index in [4.69, 9.17) is 14.5 Å². The standard InChI is InChI=1S/C39H42N8O6S2/c1-22(2)32(44-38(50)52-3)36(48)46-16-8-12-27(46)34-40-20-24(42-34)14-15-25-18-30-31(54-25)19-29(55-30)26-21-41-35(43-26)28-13-9-17-47(28)37(49)33(45-39(51)53-4)23-10-6-5-7-11-23/h5-7,10-11,18-22,27-28,32-33H,8-9,12-13,16-17H2,1-4H3,(H,40,42)(H,41,43)(H,44,50)(H,45,51)/t27-,28?,32-,33+/m0/s1. The minimum Gasteiger partial charge on any atom is -0.453 e. The zero-order valence-corrected chi connectivity index (χ0v) is 32.5. The summed E-state index contributed by atoms with van der Waals surface area (Å²) in [6.07, 6.45) is 5.35. The maximum Gasteiger partial charge on any atom is 0.407 e. The summed E-state index contributed by atoms with van der Waals surface area (Å²) in [6.45, 7) is 4.91. The lowest BCUT2D eigenvalue weighted by molar-refractivity contribution is -0.135. The number of imidazole rings is 2. The first-order valence-corrected chi connectivity index (χ1v) is 19.8. The van der Waals surface area contributed by atoms with Crippen molar-refractivity contribution < 1.29 is 28.7 Å². The van der Waals surface area contributed by atoms with E-state index in [-0.39, 0.29) is 29.8 Å². The zero-order chi connectivity index (χ0) is 38.6. The molecule has 2 aliphatic rings. The molecule has 14 nitrogen and oxygen atoms in total. The number of hydrogen-bond donors (Lipinski definition) is 4. The number of methoxy groups -OCH3 is 2. The summed E-state index contributed by atoms with van der Waals surface area (Å²) >= 11 is 3.24. The van der Waals surface area contributed by atoms with Crippen LogP contribution in [-0.2, 0) is 19.1 Å². The van der Waals surface area contributed by atoms with Crippen LogP contribution in [0.3, 0.4) is 0 Å². The molecule has 4 N–H and O–H groups in total. The average molecular weight is 783 g/mol. The number of benzene rings is 1. The summed E-state index contributed by atoms with van der Waals surface area (Å²) in [5.41, 5.74) is 2.20. The Labute approximate surface area is 326 Å². The van der Waals surface area contributed by atoms with E-state index in [0.717, 1.165) is 50.5 Å². The first-order valence-electron chi connectivity index (χ1n) is 18.1. The van der Waals surface area contributed by atoms with Crippen molar-refractivity contribution in [2.24, 2.45) is 5.92 Å². The van der Waals surface area contributed by atoms with Gasteiger partial charge in [0.05, 0.1) is 54.1 Å². The summed E-state index contributed by atoms with van der Waals surface area (Å²) in [7, 11) is 2.56. The molecule has 0 saturated carbocycles. The van der Waals surface area contributed by atoms with Crippen LogP contribution in [0.5, 0.6) is 0 Å². The Hall–Kier alpha value is -5.66. The van der Waals surface area contributed by atoms with E-state index in [2.05, 4.69) is 49.6 Å². The lowest BCUT2D eigenvalue weighted by Crippen LogP contribution is -2.51. The summed E-state index contributed by atoms with van der Waals surface area (Å²) in [6, 6.07) is 11.3. The highest BCUT2D eigenvalue weighted by Crippen LogP contribution is 2.39. The highest BCUT2D eigenvalue weighted by Gasteiger charge is 2.38. The van der Waals surface area contributed by atoms with Gasteiger partial charge in [-0.3, -0.25) is 9.59 Å². The Bertz CT molecular complexity index is 2220. The monoisotopic (exact) mass is 782 g/mol. The Morgan fingerprint density at radius 3 is 2.13 bits per heavy atom. The molecule has 0 radical (unpaired) electrons. The third-order valence-corrected chi connectivity index (χ3v) is 12.1. The van der Waals surface area contributed by atoms with Gasteiger partial charge in [0.15, 0.2) is 0 Å². The predicted molar refractivity (Wildman–Crippen MR) is 208 cm³/mol. The van der Waals surface area contributed by atoms with Gasteiger partial charge in [0.25, 0.3) is 5.91 Å². The van der Waals surface area contributed by atoms with Crippen molar-refractivity contribution in [2.45, 2.75) is 63.7 Å². The number of H-pyrrole nitrogens is 2. The summed E-state index contributed by atoms with van der Waals surface area (Å²) in [5.74, 6) is 7.34. The van der Waals surface area contributed by atoms with Crippen LogP contribution in [0.4, 0.5) is 9.59 Å². The molecule has 4 amide bonds. The second-order valence-electron chi connectivity index (χ2n) is 13.8. The van der Waals surface area contributed by atoms with Gasteiger partial charge in [0, 0.05) is 22.5 Å². The molecule has 1 aromatic carbocycles. The number of hydrogen-bond acceptors (Lipinski definition) is 10. The molecule has 2 fully saturated rings. The molecule has 2 saturated heterocycles. The third kappa shape index (κ3) is 8.08. The number of aromatic nitrogens is 4. The van der Waals surface area contributed by atoms with Gasteiger partial charge in [-0.15, -0.1) is 22.7 Å². The van der Waals surface area contributed by atoms with Gasteiger partial charge in [-0.05, 0) is 61.1 Å². The minimum atomic E-state index is -0.880. The number of likely N-dealkylation sites (tertiary alicyclic amines) is 2. The molecular formula is C39H42N8O6S2. The van der Waals surface area contributed by atoms with Crippen molar-refractivity contribution in [2.75, 3.05) is 27.3 Å². The van der Waals surface area contributed by atoms with Gasteiger partial charge in [0.1, 0.15) is 29.4 Å². The van der Waals surface area contributed by atoms with E-state index in [0.29, 0.717) is 36.0 Å². The summed E-state index contributed by atoms with van der Waals surface area (Å²) in [4.78, 5) is 73.0. The van der Waals surface area contributed by atoms with Crippen LogP contribution >= 0.6 is 22.7 Å². The van der Waals surface area contributed by atoms with Gasteiger partial charge in [0.2, 0.25) is 5.91 Å². The van der Waals surface area contributed by atoms with E-state index in [1.54, 1.807) is 44.9 Å². The third-order valence-electron chi connectivity index (χ3n) is 9.91. The normalized spacial score (nSPS) is 17.8. The number of fused-ring (bicyclic) bond motifs is 1. The van der Waals surface area contributed by atoms with Crippen molar-refractivity contribution >= 4 is 56.1 Å². The lowest BCUT2D eigenvalue weighted by Gasteiger charge is -2.29. The number of rotatable bonds is 9. The van der Waals surface area contributed by atoms with Crippen molar-refractivity contribution in [3.63, 3.8) is 0 Å². The molecule has 6 heterocycles. The van der Waals surface area contributed by atoms with Crippen molar-refractivity contribution in [3.05, 3.63) is 82.6 Å². The average Bonchev–Trinajstić information content (AvgIpc) is 4.04. The van der Waals surface area contributed by atoms with Crippen LogP contribution < -0.4 is 10.6 Å². The zero-order valence-electron chi connectivity index (χ0n) is 30.9. The Morgan fingerprint density at radius 1 is 0.818 bits per heavy atom. The molecule has 286 valence electrons. The van der Waals surface area contributed by atoms with Crippen LogP contribution in [-0.4, -0.2) is 87.1 Å². The number of ether oxygens (including phenoxy) is 2. The first-order chi connectivity index (χ1) is 26.6. The smallest absolute Gasteiger partial charge is 0.407 e. The molecular weight excluding hydrogens is 741 g/mol. The minimum absolute atomic E-state index is 0.114. The number of nitrogens with one attached hydrogen (secondary N) is 4. The molecule has 5 aromatic rings. The Balaban J connectivity index is 1.02. The highest BCUT2D eigenvalue weighted by molar-refractivity contribution is 7.29. The molecule has 4 atom stereocenters. The van der Waals surface area contributed by atoms with E-state index < -0.39 is 24.3 Å².